The summed E-state index contributed by atoms with van der Waals surface area (Å²) < 4.78 is 0. The monoisotopic (exact) mass is 571 g/mol. The second kappa shape index (κ2) is 13.0. The first-order valence-corrected chi connectivity index (χ1v) is 15.1. The van der Waals surface area contributed by atoms with E-state index in [4.69, 9.17) is 4.99 Å². The normalized spacial score (nSPS) is 15.0. The molecule has 6 rings (SSSR count). The number of hydrogen-bond acceptors (Lipinski definition) is 5. The first-order valence-electron chi connectivity index (χ1n) is 15.1. The molecule has 0 bridgehead atoms. The average molecular weight is 572 g/mol. The van der Waals surface area contributed by atoms with Crippen molar-refractivity contribution in [2.45, 2.75) is 45.2 Å². The molecule has 2 aromatic heterocycles. The van der Waals surface area contributed by atoms with Crippen LogP contribution in [0, 0.1) is 0 Å². The molecule has 1 fully saturated rings. The Morgan fingerprint density at radius 1 is 0.977 bits per heavy atom. The maximum Gasteiger partial charge on any atom is 0.251 e. The SMILES string of the molecule is CC[C@H](NC(=O)c1ccc2[nH]c(O)c(C(=Nc3ccc(CN4CCCCC4)cc3)c3cccnc3)c2c1)c1ccccc1. The Morgan fingerprint density at radius 2 is 1.77 bits per heavy atom. The van der Waals surface area contributed by atoms with Gasteiger partial charge in [0.1, 0.15) is 0 Å². The van der Waals surface area contributed by atoms with Crippen LogP contribution in [0.3, 0.4) is 0 Å². The predicted octanol–water partition coefficient (Wildman–Crippen LogP) is 7.30. The fourth-order valence-electron chi connectivity index (χ4n) is 5.86. The van der Waals surface area contributed by atoms with Crippen molar-refractivity contribution in [2.24, 2.45) is 4.99 Å². The summed E-state index contributed by atoms with van der Waals surface area (Å²) in [6.07, 6.45) is 8.07. The van der Waals surface area contributed by atoms with Gasteiger partial charge in [0.2, 0.25) is 0 Å². The summed E-state index contributed by atoms with van der Waals surface area (Å²) in [4.78, 5) is 28.4. The van der Waals surface area contributed by atoms with Crippen molar-refractivity contribution in [1.29, 1.82) is 0 Å². The molecular weight excluding hydrogens is 534 g/mol. The van der Waals surface area contributed by atoms with E-state index < -0.39 is 0 Å². The van der Waals surface area contributed by atoms with Gasteiger partial charge in [-0.25, -0.2) is 4.99 Å². The topological polar surface area (TPSA) is 93.6 Å². The summed E-state index contributed by atoms with van der Waals surface area (Å²) in [7, 11) is 0. The molecule has 1 aliphatic rings. The smallest absolute Gasteiger partial charge is 0.251 e. The van der Waals surface area contributed by atoms with Gasteiger partial charge in [-0.3, -0.25) is 14.7 Å². The number of H-pyrrole nitrogens is 1. The van der Waals surface area contributed by atoms with Crippen molar-refractivity contribution in [2.75, 3.05) is 13.1 Å². The van der Waals surface area contributed by atoms with E-state index >= 15 is 0 Å². The highest BCUT2D eigenvalue weighted by Crippen LogP contribution is 2.32. The molecule has 1 aliphatic heterocycles. The molecule has 7 nitrogen and oxygen atoms in total. The lowest BCUT2D eigenvalue weighted by molar-refractivity contribution is 0.0935. The van der Waals surface area contributed by atoms with Crippen molar-refractivity contribution in [3.63, 3.8) is 0 Å². The summed E-state index contributed by atoms with van der Waals surface area (Å²) in [6, 6.07) is 27.4. The Balaban J connectivity index is 1.34. The molecule has 3 heterocycles. The first-order chi connectivity index (χ1) is 21.1. The quantitative estimate of drug-likeness (QED) is 0.162. The highest BCUT2D eigenvalue weighted by molar-refractivity contribution is 6.22. The van der Waals surface area contributed by atoms with Crippen LogP contribution >= 0.6 is 0 Å². The number of carbonyl (C=O) groups excluding carboxylic acids is 1. The zero-order chi connectivity index (χ0) is 29.6. The van der Waals surface area contributed by atoms with Crippen LogP contribution in [-0.2, 0) is 6.54 Å². The van der Waals surface area contributed by atoms with Gasteiger partial charge in [-0.1, -0.05) is 55.8 Å². The van der Waals surface area contributed by atoms with Gasteiger partial charge in [-0.05, 0) is 85.9 Å². The standard InChI is InChI=1S/C36H37N5O2/c1-2-31(26-10-5-3-6-11-26)39-35(42)27-15-18-32-30(22-27)33(36(43)40-32)34(28-12-9-19-37-23-28)38-29-16-13-25(14-17-29)24-41-20-7-4-8-21-41/h3,5-6,9-19,22-23,31,40,43H,2,4,7-8,20-21,24H2,1H3,(H,39,42)/t31-/m0/s1. The zero-order valence-corrected chi connectivity index (χ0v) is 24.5. The van der Waals surface area contributed by atoms with Crippen LogP contribution in [0.15, 0.2) is 102 Å². The van der Waals surface area contributed by atoms with Crippen molar-refractivity contribution in [3.05, 3.63) is 125 Å². The molecule has 3 N–H and O–H groups in total. The Hall–Kier alpha value is -4.75. The largest absolute Gasteiger partial charge is 0.494 e. The van der Waals surface area contributed by atoms with Crippen LogP contribution in [-0.4, -0.2) is 44.7 Å². The summed E-state index contributed by atoms with van der Waals surface area (Å²) in [5, 5.41) is 15.0. The number of pyridine rings is 1. The maximum atomic E-state index is 13.4. The second-order valence-electron chi connectivity index (χ2n) is 11.2. The molecule has 1 amide bonds. The van der Waals surface area contributed by atoms with Crippen LogP contribution in [0.25, 0.3) is 10.9 Å². The van der Waals surface area contributed by atoms with Crippen LogP contribution in [0.2, 0.25) is 0 Å². The maximum absolute atomic E-state index is 13.4. The summed E-state index contributed by atoms with van der Waals surface area (Å²) >= 11 is 0. The number of likely N-dealkylation sites (tertiary alicyclic amines) is 1. The minimum atomic E-state index is -0.173. The van der Waals surface area contributed by atoms with Crippen molar-refractivity contribution < 1.29 is 9.90 Å². The van der Waals surface area contributed by atoms with Gasteiger partial charge in [-0.15, -0.1) is 0 Å². The van der Waals surface area contributed by atoms with E-state index in [1.54, 1.807) is 18.5 Å². The zero-order valence-electron chi connectivity index (χ0n) is 24.5. The molecule has 0 saturated carbocycles. The molecule has 218 valence electrons. The number of carbonyl (C=O) groups is 1. The van der Waals surface area contributed by atoms with Gasteiger partial charge in [-0.2, -0.15) is 0 Å². The Labute approximate surface area is 252 Å². The highest BCUT2D eigenvalue weighted by Gasteiger charge is 2.21. The number of aromatic nitrogens is 2. The van der Waals surface area contributed by atoms with Gasteiger partial charge >= 0.3 is 0 Å². The van der Waals surface area contributed by atoms with E-state index in [9.17, 15) is 9.90 Å². The van der Waals surface area contributed by atoms with Crippen molar-refractivity contribution >= 4 is 28.2 Å². The number of aromatic hydroxyl groups is 1. The number of aliphatic imine (C=N–C) groups is 1. The third kappa shape index (κ3) is 6.52. The van der Waals surface area contributed by atoms with Gasteiger partial charge in [0.15, 0.2) is 5.88 Å². The lowest BCUT2D eigenvalue weighted by atomic mass is 10.00. The molecule has 1 saturated heterocycles. The second-order valence-corrected chi connectivity index (χ2v) is 11.2. The molecule has 0 spiro atoms. The van der Waals surface area contributed by atoms with E-state index in [0.29, 0.717) is 27.7 Å². The number of benzene rings is 3. The number of amides is 1. The van der Waals surface area contributed by atoms with Crippen LogP contribution in [0.5, 0.6) is 5.88 Å². The van der Waals surface area contributed by atoms with E-state index in [2.05, 4.69) is 39.2 Å². The summed E-state index contributed by atoms with van der Waals surface area (Å²) in [5.41, 5.74) is 6.20. The number of hydrogen-bond donors (Lipinski definition) is 3. The Morgan fingerprint density at radius 3 is 2.49 bits per heavy atom. The van der Waals surface area contributed by atoms with Crippen molar-refractivity contribution in [1.82, 2.24) is 20.2 Å². The van der Waals surface area contributed by atoms with Gasteiger partial charge < -0.3 is 15.4 Å². The van der Waals surface area contributed by atoms with Crippen molar-refractivity contribution in [3.8, 4) is 5.88 Å². The number of rotatable bonds is 9. The van der Waals surface area contributed by atoms with Crippen LogP contribution in [0.4, 0.5) is 5.69 Å². The lowest BCUT2D eigenvalue weighted by Crippen LogP contribution is -2.28. The molecule has 1 atom stereocenters. The molecule has 0 aliphatic carbocycles. The number of aromatic amines is 1. The van der Waals surface area contributed by atoms with Gasteiger partial charge in [0.25, 0.3) is 5.91 Å². The van der Waals surface area contributed by atoms with Gasteiger partial charge in [0, 0.05) is 41.0 Å². The van der Waals surface area contributed by atoms with Crippen LogP contribution in [0.1, 0.15) is 71.3 Å². The molecule has 3 aromatic carbocycles. The van der Waals surface area contributed by atoms with Crippen LogP contribution < -0.4 is 5.32 Å². The fraction of sp³-hybridized carbons (Fsp3) is 0.250. The molecule has 0 unspecified atom stereocenters. The Kier molecular flexibility index (Phi) is 8.61. The highest BCUT2D eigenvalue weighted by atomic mass is 16.3. The molecule has 0 radical (unpaired) electrons. The molecule has 7 heteroatoms. The minimum Gasteiger partial charge on any atom is -0.494 e. The van der Waals surface area contributed by atoms with Gasteiger partial charge in [0.05, 0.1) is 23.0 Å². The van der Waals surface area contributed by atoms with E-state index in [1.807, 2.05) is 66.7 Å². The first kappa shape index (κ1) is 28.4. The molecule has 43 heavy (non-hydrogen) atoms. The van der Waals surface area contributed by atoms with E-state index in [1.165, 1.54) is 24.8 Å². The molecular formula is C36H37N5O2. The third-order valence-electron chi connectivity index (χ3n) is 8.16. The number of fused-ring (bicyclic) bond motifs is 1. The number of piperidine rings is 1. The lowest BCUT2D eigenvalue weighted by Gasteiger charge is -2.26. The molecule has 5 aromatic rings. The summed E-state index contributed by atoms with van der Waals surface area (Å²) in [6.45, 7) is 5.30. The number of nitrogens with zero attached hydrogens (tertiary/aromatic N) is 3. The van der Waals surface area contributed by atoms with E-state index in [-0.39, 0.29) is 17.8 Å². The average Bonchev–Trinajstić information content (AvgIpc) is 3.39. The Bertz CT molecular complexity index is 1710. The summed E-state index contributed by atoms with van der Waals surface area (Å²) in [5.74, 6) is -0.180. The minimum absolute atomic E-state index is 0.00685. The van der Waals surface area contributed by atoms with E-state index in [0.717, 1.165) is 42.9 Å². The fourth-order valence-corrected chi connectivity index (χ4v) is 5.86. The third-order valence-corrected chi connectivity index (χ3v) is 8.16. The predicted molar refractivity (Wildman–Crippen MR) is 172 cm³/mol. The number of nitrogens with one attached hydrogen (secondary N) is 2.